The van der Waals surface area contributed by atoms with E-state index < -0.39 is 15.6 Å². The summed E-state index contributed by atoms with van der Waals surface area (Å²) in [6, 6.07) is 4.75. The highest BCUT2D eigenvalue weighted by Crippen LogP contribution is 2.29. The molecule has 1 aliphatic rings. The van der Waals surface area contributed by atoms with Gasteiger partial charge in [0.15, 0.2) is 0 Å². The molecule has 1 fully saturated rings. The van der Waals surface area contributed by atoms with Crippen LogP contribution in [0.2, 0.25) is 0 Å². The van der Waals surface area contributed by atoms with Gasteiger partial charge in [0.2, 0.25) is 10.0 Å². The van der Waals surface area contributed by atoms with Crippen molar-refractivity contribution < 1.29 is 13.2 Å². The molecule has 146 valence electrons. The maximum atomic E-state index is 13.0. The molecular formula is C19H31N3O3S. The number of carbonyl (C=O) groups excluding carboxylic acids is 1. The summed E-state index contributed by atoms with van der Waals surface area (Å²) in [6.45, 7) is 12.4. The molecule has 1 aromatic rings. The topological polar surface area (TPSA) is 92.5 Å². The van der Waals surface area contributed by atoms with Gasteiger partial charge in [0.1, 0.15) is 0 Å². The van der Waals surface area contributed by atoms with Crippen molar-refractivity contribution in [3.63, 3.8) is 0 Å². The molecule has 0 bridgehead atoms. The van der Waals surface area contributed by atoms with Gasteiger partial charge in [-0.05, 0) is 57.2 Å². The number of aryl methyl sites for hydroxylation is 1. The molecule has 1 unspecified atom stereocenters. The zero-order valence-corrected chi connectivity index (χ0v) is 17.4. The van der Waals surface area contributed by atoms with Gasteiger partial charge in [-0.3, -0.25) is 4.79 Å². The SMILES string of the molecule is Cc1ccc(S(=O)(=O)NC(C)(C)C)cc1C(=O)N1CCC(N)C(C)(C)C1. The molecule has 0 aliphatic carbocycles. The van der Waals surface area contributed by atoms with E-state index in [1.807, 2.05) is 6.92 Å². The number of nitrogens with one attached hydrogen (secondary N) is 1. The van der Waals surface area contributed by atoms with Crippen LogP contribution in [0.15, 0.2) is 23.1 Å². The molecule has 1 aromatic carbocycles. The van der Waals surface area contributed by atoms with Crippen molar-refractivity contribution in [1.29, 1.82) is 0 Å². The number of nitrogens with zero attached hydrogens (tertiary/aromatic N) is 1. The number of nitrogens with two attached hydrogens (primary N) is 1. The highest BCUT2D eigenvalue weighted by atomic mass is 32.2. The van der Waals surface area contributed by atoms with Crippen LogP contribution in [0, 0.1) is 12.3 Å². The van der Waals surface area contributed by atoms with Crippen LogP contribution in [0.25, 0.3) is 0 Å². The Morgan fingerprint density at radius 1 is 1.31 bits per heavy atom. The van der Waals surface area contributed by atoms with Gasteiger partial charge in [-0.25, -0.2) is 13.1 Å². The van der Waals surface area contributed by atoms with Crippen molar-refractivity contribution in [2.24, 2.45) is 11.1 Å². The van der Waals surface area contributed by atoms with E-state index in [0.717, 1.165) is 12.0 Å². The average Bonchev–Trinajstić information content (AvgIpc) is 2.47. The molecular weight excluding hydrogens is 350 g/mol. The van der Waals surface area contributed by atoms with Crippen LogP contribution in [0.1, 0.15) is 57.0 Å². The molecule has 0 aromatic heterocycles. The lowest BCUT2D eigenvalue weighted by Gasteiger charge is -2.42. The molecule has 1 heterocycles. The minimum atomic E-state index is -3.69. The van der Waals surface area contributed by atoms with Gasteiger partial charge in [-0.1, -0.05) is 19.9 Å². The summed E-state index contributed by atoms with van der Waals surface area (Å²) in [6.07, 6.45) is 0.737. The van der Waals surface area contributed by atoms with Crippen LogP contribution in [0.5, 0.6) is 0 Å². The van der Waals surface area contributed by atoms with Crippen molar-refractivity contribution >= 4 is 15.9 Å². The van der Waals surface area contributed by atoms with Crippen LogP contribution in [0.3, 0.4) is 0 Å². The Morgan fingerprint density at radius 2 is 1.92 bits per heavy atom. The van der Waals surface area contributed by atoms with Gasteiger partial charge in [-0.2, -0.15) is 0 Å². The minimum Gasteiger partial charge on any atom is -0.338 e. The average molecular weight is 382 g/mol. The van der Waals surface area contributed by atoms with E-state index >= 15 is 0 Å². The molecule has 7 heteroatoms. The number of piperidine rings is 1. The predicted octanol–water partition coefficient (Wildman–Crippen LogP) is 2.27. The fourth-order valence-corrected chi connectivity index (χ4v) is 4.62. The van der Waals surface area contributed by atoms with Crippen LogP contribution in [-0.2, 0) is 10.0 Å². The van der Waals surface area contributed by atoms with Crippen LogP contribution in [-0.4, -0.2) is 43.9 Å². The Balaban J connectivity index is 2.34. The number of benzene rings is 1. The van der Waals surface area contributed by atoms with E-state index in [0.29, 0.717) is 18.7 Å². The van der Waals surface area contributed by atoms with Gasteiger partial charge < -0.3 is 10.6 Å². The quantitative estimate of drug-likeness (QED) is 0.840. The first-order chi connectivity index (χ1) is 11.7. The molecule has 6 nitrogen and oxygen atoms in total. The second-order valence-electron chi connectivity index (χ2n) is 8.94. The van der Waals surface area contributed by atoms with Gasteiger partial charge in [0, 0.05) is 30.2 Å². The highest BCUT2D eigenvalue weighted by molar-refractivity contribution is 7.89. The van der Waals surface area contributed by atoms with Crippen LogP contribution >= 0.6 is 0 Å². The van der Waals surface area contributed by atoms with E-state index in [1.54, 1.807) is 31.7 Å². The lowest BCUT2D eigenvalue weighted by Crippen LogP contribution is -2.54. The Labute approximate surface area is 157 Å². The lowest BCUT2D eigenvalue weighted by molar-refractivity contribution is 0.0532. The van der Waals surface area contributed by atoms with E-state index in [9.17, 15) is 13.2 Å². The molecule has 0 saturated carbocycles. The third kappa shape index (κ3) is 4.64. The summed E-state index contributed by atoms with van der Waals surface area (Å²) in [4.78, 5) is 14.9. The smallest absolute Gasteiger partial charge is 0.254 e. The van der Waals surface area contributed by atoms with Crippen LogP contribution in [0.4, 0.5) is 0 Å². The number of sulfonamides is 1. The van der Waals surface area contributed by atoms with Crippen molar-refractivity contribution in [3.8, 4) is 0 Å². The van der Waals surface area contributed by atoms with Gasteiger partial charge in [0.05, 0.1) is 4.90 Å². The molecule has 2 rings (SSSR count). The summed E-state index contributed by atoms with van der Waals surface area (Å²) in [7, 11) is -3.69. The fourth-order valence-electron chi connectivity index (χ4n) is 3.18. The molecule has 3 N–H and O–H groups in total. The second kappa shape index (κ2) is 6.94. The summed E-state index contributed by atoms with van der Waals surface area (Å²) in [5.74, 6) is -0.143. The summed E-state index contributed by atoms with van der Waals surface area (Å²) in [5.41, 5.74) is 6.58. The first-order valence-electron chi connectivity index (χ1n) is 8.92. The summed E-state index contributed by atoms with van der Waals surface area (Å²) < 4.78 is 27.8. The monoisotopic (exact) mass is 381 g/mol. The number of hydrogen-bond acceptors (Lipinski definition) is 4. The number of likely N-dealkylation sites (tertiary alicyclic amines) is 1. The molecule has 1 saturated heterocycles. The zero-order valence-electron chi connectivity index (χ0n) is 16.6. The molecule has 1 aliphatic heterocycles. The Morgan fingerprint density at radius 3 is 2.46 bits per heavy atom. The van der Waals surface area contributed by atoms with Crippen molar-refractivity contribution in [2.45, 2.75) is 64.4 Å². The first-order valence-corrected chi connectivity index (χ1v) is 10.4. The summed E-state index contributed by atoms with van der Waals surface area (Å²) >= 11 is 0. The molecule has 0 spiro atoms. The van der Waals surface area contributed by atoms with E-state index in [1.165, 1.54) is 12.1 Å². The number of rotatable bonds is 3. The number of carbonyl (C=O) groups is 1. The van der Waals surface area contributed by atoms with Crippen LogP contribution < -0.4 is 10.5 Å². The molecule has 1 amide bonds. The van der Waals surface area contributed by atoms with Gasteiger partial charge in [-0.15, -0.1) is 0 Å². The normalized spacial score (nSPS) is 20.9. The maximum absolute atomic E-state index is 13.0. The first kappa shape index (κ1) is 20.9. The largest absolute Gasteiger partial charge is 0.338 e. The summed E-state index contributed by atoms with van der Waals surface area (Å²) in [5, 5.41) is 0. The third-order valence-corrected chi connectivity index (χ3v) is 6.55. The molecule has 0 radical (unpaired) electrons. The third-order valence-electron chi connectivity index (χ3n) is 4.79. The fraction of sp³-hybridized carbons (Fsp3) is 0.632. The zero-order chi connectivity index (χ0) is 19.9. The van der Waals surface area contributed by atoms with E-state index in [-0.39, 0.29) is 22.3 Å². The highest BCUT2D eigenvalue weighted by Gasteiger charge is 2.36. The van der Waals surface area contributed by atoms with Crippen molar-refractivity contribution in [3.05, 3.63) is 29.3 Å². The van der Waals surface area contributed by atoms with Gasteiger partial charge >= 0.3 is 0 Å². The Hall–Kier alpha value is -1.44. The number of amides is 1. The minimum absolute atomic E-state index is 0.0512. The van der Waals surface area contributed by atoms with Gasteiger partial charge in [0.25, 0.3) is 5.91 Å². The van der Waals surface area contributed by atoms with E-state index in [4.69, 9.17) is 5.73 Å². The van der Waals surface area contributed by atoms with Crippen molar-refractivity contribution in [1.82, 2.24) is 9.62 Å². The predicted molar refractivity (Wildman–Crippen MR) is 104 cm³/mol. The molecule has 1 atom stereocenters. The molecule has 26 heavy (non-hydrogen) atoms. The Kier molecular flexibility index (Phi) is 5.57. The lowest BCUT2D eigenvalue weighted by atomic mass is 9.79. The number of hydrogen-bond donors (Lipinski definition) is 2. The van der Waals surface area contributed by atoms with Crippen molar-refractivity contribution in [2.75, 3.05) is 13.1 Å². The Bertz CT molecular complexity index is 795. The van der Waals surface area contributed by atoms with E-state index in [2.05, 4.69) is 18.6 Å². The maximum Gasteiger partial charge on any atom is 0.254 e. The standard InChI is InChI=1S/C19H31N3O3S/c1-13-7-8-14(26(24,25)21-18(2,3)4)11-15(13)17(23)22-10-9-16(20)19(5,6)12-22/h7-8,11,16,21H,9-10,12,20H2,1-6H3. The second-order valence-corrected chi connectivity index (χ2v) is 10.6.